The quantitative estimate of drug-likeness (QED) is 0.392. The summed E-state index contributed by atoms with van der Waals surface area (Å²) in [4.78, 5) is 0. The Bertz CT molecular complexity index is 107. The fraction of sp³-hybridized carbons (Fsp3) is 0.750. The molecule has 0 aromatic heterocycles. The van der Waals surface area contributed by atoms with Gasteiger partial charge in [0.05, 0.1) is 0 Å². The molecule has 0 heterocycles. The molecule has 9 heavy (non-hydrogen) atoms. The second kappa shape index (κ2) is 3.26. The molecule has 0 nitrogen and oxygen atoms in total. The van der Waals surface area contributed by atoms with Gasteiger partial charge in [0, 0.05) is 5.88 Å². The van der Waals surface area contributed by atoms with Gasteiger partial charge in [-0.1, -0.05) is 19.1 Å². The number of halogens is 1. The topological polar surface area (TPSA) is 0 Å². The first-order chi connectivity index (χ1) is 4.33. The molecule has 52 valence electrons. The summed E-state index contributed by atoms with van der Waals surface area (Å²) >= 11 is 5.71. The molecule has 1 rings (SSSR count). The molecule has 0 radical (unpaired) electrons. The lowest BCUT2D eigenvalue weighted by molar-refractivity contribution is 0.453. The van der Waals surface area contributed by atoms with Crippen LogP contribution in [0.5, 0.6) is 0 Å². The highest BCUT2D eigenvalue weighted by molar-refractivity contribution is 6.18. The average molecular weight is 145 g/mol. The normalized spacial score (nSPS) is 34.9. The number of hydrogen-bond donors (Lipinski definition) is 0. The Morgan fingerprint density at radius 1 is 1.67 bits per heavy atom. The van der Waals surface area contributed by atoms with Crippen LogP contribution in [-0.4, -0.2) is 5.88 Å². The molecule has 0 fully saturated rings. The highest BCUT2D eigenvalue weighted by Gasteiger charge is 2.12. The van der Waals surface area contributed by atoms with Crippen LogP contribution >= 0.6 is 11.6 Å². The first kappa shape index (κ1) is 7.14. The zero-order valence-corrected chi connectivity index (χ0v) is 6.56. The van der Waals surface area contributed by atoms with E-state index in [-0.39, 0.29) is 0 Å². The van der Waals surface area contributed by atoms with E-state index in [1.165, 1.54) is 12.8 Å². The van der Waals surface area contributed by atoms with Gasteiger partial charge in [0.25, 0.3) is 0 Å². The third-order valence-corrected chi connectivity index (χ3v) is 2.29. The van der Waals surface area contributed by atoms with Crippen LogP contribution in [0.2, 0.25) is 0 Å². The SMILES string of the molecule is CC1C=CCC(CCl)C1. The van der Waals surface area contributed by atoms with Crippen molar-refractivity contribution in [2.75, 3.05) is 5.88 Å². The van der Waals surface area contributed by atoms with E-state index >= 15 is 0 Å². The highest BCUT2D eigenvalue weighted by Crippen LogP contribution is 2.23. The van der Waals surface area contributed by atoms with Gasteiger partial charge < -0.3 is 0 Å². The minimum atomic E-state index is 0.742. The number of alkyl halides is 1. The fourth-order valence-electron chi connectivity index (χ4n) is 1.33. The summed E-state index contributed by atoms with van der Waals surface area (Å²) in [5.74, 6) is 2.32. The molecule has 0 amide bonds. The predicted molar refractivity (Wildman–Crippen MR) is 41.7 cm³/mol. The summed E-state index contributed by atoms with van der Waals surface area (Å²) in [7, 11) is 0. The van der Waals surface area contributed by atoms with E-state index in [1.54, 1.807) is 0 Å². The van der Waals surface area contributed by atoms with Gasteiger partial charge in [-0.3, -0.25) is 0 Å². The predicted octanol–water partition coefficient (Wildman–Crippen LogP) is 2.83. The Hall–Kier alpha value is 0.0300. The van der Waals surface area contributed by atoms with Gasteiger partial charge in [0.15, 0.2) is 0 Å². The lowest BCUT2D eigenvalue weighted by Crippen LogP contribution is -2.09. The molecule has 0 saturated heterocycles. The molecule has 0 saturated carbocycles. The Balaban J connectivity index is 2.38. The van der Waals surface area contributed by atoms with Crippen molar-refractivity contribution in [2.24, 2.45) is 11.8 Å². The largest absolute Gasteiger partial charge is 0.126 e. The summed E-state index contributed by atoms with van der Waals surface area (Å²) in [6.45, 7) is 2.25. The van der Waals surface area contributed by atoms with E-state index in [4.69, 9.17) is 11.6 Å². The first-order valence-corrected chi connectivity index (χ1v) is 4.09. The number of allylic oxidation sites excluding steroid dienone is 2. The number of hydrogen-bond acceptors (Lipinski definition) is 0. The van der Waals surface area contributed by atoms with Crippen LogP contribution in [0.3, 0.4) is 0 Å². The molecule has 1 aliphatic carbocycles. The molecule has 0 bridgehead atoms. The fourth-order valence-corrected chi connectivity index (χ4v) is 1.58. The van der Waals surface area contributed by atoms with Crippen molar-refractivity contribution in [3.8, 4) is 0 Å². The second-order valence-electron chi connectivity index (χ2n) is 2.90. The van der Waals surface area contributed by atoms with Gasteiger partial charge in [-0.05, 0) is 24.7 Å². The maximum atomic E-state index is 5.71. The molecular formula is C8H13Cl. The van der Waals surface area contributed by atoms with Crippen molar-refractivity contribution in [2.45, 2.75) is 19.8 Å². The maximum absolute atomic E-state index is 5.71. The minimum absolute atomic E-state index is 0.742. The molecule has 1 heteroatoms. The third kappa shape index (κ3) is 2.02. The third-order valence-electron chi connectivity index (χ3n) is 1.86. The van der Waals surface area contributed by atoms with Crippen molar-refractivity contribution >= 4 is 11.6 Å². The van der Waals surface area contributed by atoms with Gasteiger partial charge >= 0.3 is 0 Å². The second-order valence-corrected chi connectivity index (χ2v) is 3.21. The molecule has 2 unspecified atom stereocenters. The van der Waals surface area contributed by atoms with Crippen LogP contribution in [0.4, 0.5) is 0 Å². The van der Waals surface area contributed by atoms with E-state index in [9.17, 15) is 0 Å². The standard InChI is InChI=1S/C8H13Cl/c1-7-3-2-4-8(5-7)6-9/h2-3,7-8H,4-6H2,1H3. The molecule has 0 N–H and O–H groups in total. The van der Waals surface area contributed by atoms with Crippen molar-refractivity contribution in [3.63, 3.8) is 0 Å². The Kier molecular flexibility index (Phi) is 2.59. The molecule has 1 aliphatic rings. The molecule has 0 aromatic rings. The smallest absolute Gasteiger partial charge is 0.0254 e. The summed E-state index contributed by atoms with van der Waals surface area (Å²) in [6, 6.07) is 0. The summed E-state index contributed by atoms with van der Waals surface area (Å²) in [5, 5.41) is 0. The Labute approximate surface area is 61.9 Å². The van der Waals surface area contributed by atoms with E-state index in [0.29, 0.717) is 0 Å². The number of rotatable bonds is 1. The zero-order chi connectivity index (χ0) is 6.69. The van der Waals surface area contributed by atoms with Gasteiger partial charge in [0.1, 0.15) is 0 Å². The zero-order valence-electron chi connectivity index (χ0n) is 5.81. The average Bonchev–Trinajstić information content (AvgIpc) is 1.88. The van der Waals surface area contributed by atoms with Crippen LogP contribution in [0, 0.1) is 11.8 Å². The molecule has 0 aromatic carbocycles. The minimum Gasteiger partial charge on any atom is -0.126 e. The van der Waals surface area contributed by atoms with Crippen LogP contribution in [0.25, 0.3) is 0 Å². The van der Waals surface area contributed by atoms with Gasteiger partial charge in [-0.15, -0.1) is 11.6 Å². The molecule has 0 spiro atoms. The molecular weight excluding hydrogens is 132 g/mol. The first-order valence-electron chi connectivity index (χ1n) is 3.55. The monoisotopic (exact) mass is 144 g/mol. The van der Waals surface area contributed by atoms with E-state index in [0.717, 1.165) is 17.7 Å². The van der Waals surface area contributed by atoms with E-state index in [2.05, 4.69) is 19.1 Å². The van der Waals surface area contributed by atoms with Crippen molar-refractivity contribution in [1.29, 1.82) is 0 Å². The lowest BCUT2D eigenvalue weighted by Gasteiger charge is -2.19. The van der Waals surface area contributed by atoms with Crippen LogP contribution in [-0.2, 0) is 0 Å². The van der Waals surface area contributed by atoms with E-state index in [1.807, 2.05) is 0 Å². The van der Waals surface area contributed by atoms with Crippen LogP contribution < -0.4 is 0 Å². The van der Waals surface area contributed by atoms with E-state index < -0.39 is 0 Å². The van der Waals surface area contributed by atoms with Gasteiger partial charge in [-0.2, -0.15) is 0 Å². The maximum Gasteiger partial charge on any atom is 0.0254 e. The Morgan fingerprint density at radius 3 is 2.89 bits per heavy atom. The summed E-state index contributed by atoms with van der Waals surface area (Å²) in [6.07, 6.45) is 7.00. The van der Waals surface area contributed by atoms with Crippen LogP contribution in [0.15, 0.2) is 12.2 Å². The lowest BCUT2D eigenvalue weighted by atomic mass is 9.89. The van der Waals surface area contributed by atoms with Gasteiger partial charge in [0.2, 0.25) is 0 Å². The summed E-state index contributed by atoms with van der Waals surface area (Å²) < 4.78 is 0. The summed E-state index contributed by atoms with van der Waals surface area (Å²) in [5.41, 5.74) is 0. The van der Waals surface area contributed by atoms with Gasteiger partial charge in [-0.25, -0.2) is 0 Å². The van der Waals surface area contributed by atoms with Crippen molar-refractivity contribution < 1.29 is 0 Å². The molecule has 0 aliphatic heterocycles. The highest BCUT2D eigenvalue weighted by atomic mass is 35.5. The molecule has 2 atom stereocenters. The van der Waals surface area contributed by atoms with Crippen LogP contribution in [0.1, 0.15) is 19.8 Å². The van der Waals surface area contributed by atoms with Crippen molar-refractivity contribution in [3.05, 3.63) is 12.2 Å². The Morgan fingerprint density at radius 2 is 2.44 bits per heavy atom. The van der Waals surface area contributed by atoms with Crippen molar-refractivity contribution in [1.82, 2.24) is 0 Å².